The highest BCUT2D eigenvalue weighted by molar-refractivity contribution is 6.30. The highest BCUT2D eigenvalue weighted by atomic mass is 35.5. The number of aryl methyl sites for hydroxylation is 1. The van der Waals surface area contributed by atoms with E-state index < -0.39 is 0 Å². The number of hydrogen-bond donors (Lipinski definition) is 1. The van der Waals surface area contributed by atoms with Crippen molar-refractivity contribution < 1.29 is 4.74 Å². The zero-order valence-corrected chi connectivity index (χ0v) is 9.61. The Kier molecular flexibility index (Phi) is 3.01. The summed E-state index contributed by atoms with van der Waals surface area (Å²) in [6.07, 6.45) is 1.69. The Morgan fingerprint density at radius 3 is 2.94 bits per heavy atom. The predicted octanol–water partition coefficient (Wildman–Crippen LogP) is 2.23. The SMILES string of the molecule is Cn1ncc(COc2cccc(Cl)c2)c1N. The van der Waals surface area contributed by atoms with E-state index >= 15 is 0 Å². The molecule has 0 unspecified atom stereocenters. The Morgan fingerprint density at radius 2 is 2.31 bits per heavy atom. The lowest BCUT2D eigenvalue weighted by atomic mass is 10.3. The molecule has 1 aromatic carbocycles. The van der Waals surface area contributed by atoms with Crippen LogP contribution < -0.4 is 10.5 Å². The molecule has 2 N–H and O–H groups in total. The second-order valence-corrected chi connectivity index (χ2v) is 3.86. The average Bonchev–Trinajstić information content (AvgIpc) is 2.57. The Bertz CT molecular complexity index is 496. The van der Waals surface area contributed by atoms with Crippen molar-refractivity contribution in [1.29, 1.82) is 0 Å². The number of rotatable bonds is 3. The van der Waals surface area contributed by atoms with Gasteiger partial charge in [-0.1, -0.05) is 17.7 Å². The molecule has 0 aliphatic heterocycles. The van der Waals surface area contributed by atoms with Crippen molar-refractivity contribution in [3.8, 4) is 5.75 Å². The number of hydrogen-bond acceptors (Lipinski definition) is 3. The molecule has 0 saturated heterocycles. The van der Waals surface area contributed by atoms with Gasteiger partial charge in [0.2, 0.25) is 0 Å². The van der Waals surface area contributed by atoms with E-state index in [1.54, 1.807) is 30.1 Å². The number of nitrogens with zero attached hydrogens (tertiary/aromatic N) is 2. The van der Waals surface area contributed by atoms with Crippen LogP contribution in [0.15, 0.2) is 30.5 Å². The van der Waals surface area contributed by atoms with Gasteiger partial charge in [0, 0.05) is 12.1 Å². The molecule has 0 atom stereocenters. The van der Waals surface area contributed by atoms with Gasteiger partial charge in [0.15, 0.2) is 0 Å². The number of benzene rings is 1. The number of anilines is 1. The van der Waals surface area contributed by atoms with Crippen LogP contribution >= 0.6 is 11.6 Å². The molecule has 0 amide bonds. The molecule has 5 heteroatoms. The van der Waals surface area contributed by atoms with Crippen molar-refractivity contribution in [1.82, 2.24) is 9.78 Å². The van der Waals surface area contributed by atoms with Crippen molar-refractivity contribution in [2.75, 3.05) is 5.73 Å². The molecule has 0 fully saturated rings. The molecule has 84 valence electrons. The van der Waals surface area contributed by atoms with Crippen LogP contribution in [0.3, 0.4) is 0 Å². The normalized spacial score (nSPS) is 10.4. The first-order valence-corrected chi connectivity index (χ1v) is 5.19. The van der Waals surface area contributed by atoms with Crippen LogP contribution in [0.4, 0.5) is 5.82 Å². The van der Waals surface area contributed by atoms with Crippen molar-refractivity contribution in [2.45, 2.75) is 6.61 Å². The summed E-state index contributed by atoms with van der Waals surface area (Å²) in [5.74, 6) is 1.33. The van der Waals surface area contributed by atoms with Gasteiger partial charge in [0.25, 0.3) is 0 Å². The minimum Gasteiger partial charge on any atom is -0.489 e. The molecule has 2 rings (SSSR count). The Morgan fingerprint density at radius 1 is 1.50 bits per heavy atom. The molecular weight excluding hydrogens is 226 g/mol. The topological polar surface area (TPSA) is 53.1 Å². The largest absolute Gasteiger partial charge is 0.489 e. The molecule has 0 bridgehead atoms. The smallest absolute Gasteiger partial charge is 0.127 e. The van der Waals surface area contributed by atoms with Gasteiger partial charge in [-0.25, -0.2) is 0 Å². The van der Waals surface area contributed by atoms with Crippen LogP contribution in [0.5, 0.6) is 5.75 Å². The van der Waals surface area contributed by atoms with Crippen molar-refractivity contribution in [3.05, 3.63) is 41.0 Å². The second kappa shape index (κ2) is 4.45. The van der Waals surface area contributed by atoms with Crippen LogP contribution in [0, 0.1) is 0 Å². The zero-order valence-electron chi connectivity index (χ0n) is 8.85. The monoisotopic (exact) mass is 237 g/mol. The molecule has 16 heavy (non-hydrogen) atoms. The van der Waals surface area contributed by atoms with E-state index in [2.05, 4.69) is 5.10 Å². The lowest BCUT2D eigenvalue weighted by Crippen LogP contribution is -2.02. The van der Waals surface area contributed by atoms with Crippen LogP contribution in [0.1, 0.15) is 5.56 Å². The first kappa shape index (κ1) is 10.8. The van der Waals surface area contributed by atoms with Gasteiger partial charge in [-0.2, -0.15) is 5.10 Å². The third kappa shape index (κ3) is 2.28. The first-order chi connectivity index (χ1) is 7.66. The van der Waals surface area contributed by atoms with Gasteiger partial charge in [0.05, 0.1) is 11.8 Å². The highest BCUT2D eigenvalue weighted by Gasteiger charge is 2.05. The van der Waals surface area contributed by atoms with Gasteiger partial charge in [-0.15, -0.1) is 0 Å². The van der Waals surface area contributed by atoms with E-state index in [0.29, 0.717) is 17.4 Å². The van der Waals surface area contributed by atoms with E-state index in [9.17, 15) is 0 Å². The van der Waals surface area contributed by atoms with Crippen molar-refractivity contribution >= 4 is 17.4 Å². The fraction of sp³-hybridized carbons (Fsp3) is 0.182. The first-order valence-electron chi connectivity index (χ1n) is 4.81. The summed E-state index contributed by atoms with van der Waals surface area (Å²) in [5.41, 5.74) is 6.65. The number of nitrogen functional groups attached to an aromatic ring is 1. The Balaban J connectivity index is 2.05. The maximum absolute atomic E-state index is 5.84. The van der Waals surface area contributed by atoms with Crippen molar-refractivity contribution in [3.63, 3.8) is 0 Å². The predicted molar refractivity (Wildman–Crippen MR) is 63.4 cm³/mol. The van der Waals surface area contributed by atoms with Gasteiger partial charge < -0.3 is 10.5 Å². The minimum absolute atomic E-state index is 0.389. The summed E-state index contributed by atoms with van der Waals surface area (Å²) in [6, 6.07) is 7.24. The maximum atomic E-state index is 5.84. The second-order valence-electron chi connectivity index (χ2n) is 3.42. The van der Waals surface area contributed by atoms with Crippen LogP contribution in [-0.4, -0.2) is 9.78 Å². The molecule has 0 aliphatic carbocycles. The molecule has 0 saturated carbocycles. The maximum Gasteiger partial charge on any atom is 0.127 e. The van der Waals surface area contributed by atoms with Crippen LogP contribution in [0.2, 0.25) is 5.02 Å². The van der Waals surface area contributed by atoms with E-state index in [1.165, 1.54) is 0 Å². The van der Waals surface area contributed by atoms with E-state index in [0.717, 1.165) is 11.3 Å². The van der Waals surface area contributed by atoms with Crippen LogP contribution in [0.25, 0.3) is 0 Å². The van der Waals surface area contributed by atoms with Gasteiger partial charge in [0.1, 0.15) is 18.2 Å². The molecule has 2 aromatic rings. The number of ether oxygens (including phenoxy) is 1. The molecule has 1 aromatic heterocycles. The van der Waals surface area contributed by atoms with Crippen molar-refractivity contribution in [2.24, 2.45) is 7.05 Å². The van der Waals surface area contributed by atoms with Gasteiger partial charge in [-0.3, -0.25) is 4.68 Å². The fourth-order valence-electron chi connectivity index (χ4n) is 1.32. The third-order valence-corrected chi connectivity index (χ3v) is 2.49. The summed E-state index contributed by atoms with van der Waals surface area (Å²) < 4.78 is 7.16. The average molecular weight is 238 g/mol. The van der Waals surface area contributed by atoms with E-state index in [4.69, 9.17) is 22.1 Å². The lowest BCUT2D eigenvalue weighted by Gasteiger charge is -2.05. The molecule has 4 nitrogen and oxygen atoms in total. The van der Waals surface area contributed by atoms with E-state index in [-0.39, 0.29) is 0 Å². The zero-order chi connectivity index (χ0) is 11.5. The number of aromatic nitrogens is 2. The minimum atomic E-state index is 0.389. The number of halogens is 1. The Labute approximate surface area is 98.6 Å². The quantitative estimate of drug-likeness (QED) is 0.891. The fourth-order valence-corrected chi connectivity index (χ4v) is 1.50. The van der Waals surface area contributed by atoms with Gasteiger partial charge in [-0.05, 0) is 18.2 Å². The molecule has 0 aliphatic rings. The summed E-state index contributed by atoms with van der Waals surface area (Å²) in [4.78, 5) is 0. The summed E-state index contributed by atoms with van der Waals surface area (Å²) in [6.45, 7) is 0.389. The summed E-state index contributed by atoms with van der Waals surface area (Å²) >= 11 is 5.84. The van der Waals surface area contributed by atoms with Crippen LogP contribution in [-0.2, 0) is 13.7 Å². The standard InChI is InChI=1S/C11H12ClN3O/c1-15-11(13)8(6-14-15)7-16-10-4-2-3-9(12)5-10/h2-6H,7,13H2,1H3. The molecule has 0 spiro atoms. The van der Waals surface area contributed by atoms with E-state index in [1.807, 2.05) is 12.1 Å². The Hall–Kier alpha value is -1.68. The molecule has 1 heterocycles. The summed E-state index contributed by atoms with van der Waals surface area (Å²) in [5, 5.41) is 4.68. The molecular formula is C11H12ClN3O. The molecule has 0 radical (unpaired) electrons. The van der Waals surface area contributed by atoms with Gasteiger partial charge >= 0.3 is 0 Å². The summed E-state index contributed by atoms with van der Waals surface area (Å²) in [7, 11) is 1.79. The highest BCUT2D eigenvalue weighted by Crippen LogP contribution is 2.19. The number of nitrogens with two attached hydrogens (primary N) is 1. The third-order valence-electron chi connectivity index (χ3n) is 2.25. The lowest BCUT2D eigenvalue weighted by molar-refractivity contribution is 0.307.